The molecule has 0 bridgehead atoms. The Morgan fingerprint density at radius 3 is 2.56 bits per heavy atom. The highest BCUT2D eigenvalue weighted by Crippen LogP contribution is 2.28. The molecule has 1 rings (SSSR count). The van der Waals surface area contributed by atoms with Crippen LogP contribution in [0.4, 0.5) is 0 Å². The van der Waals surface area contributed by atoms with Crippen molar-refractivity contribution in [3.8, 4) is 0 Å². The summed E-state index contributed by atoms with van der Waals surface area (Å²) in [7, 11) is 1.33. The molecule has 0 saturated carbocycles. The summed E-state index contributed by atoms with van der Waals surface area (Å²) in [5, 5.41) is 24.6. The molecule has 1 heterocycles. The summed E-state index contributed by atoms with van der Waals surface area (Å²) in [4.78, 5) is 12.3. The number of nitrogens with one attached hydrogen (secondary N) is 1. The molecule has 3 atom stereocenters. The van der Waals surface area contributed by atoms with Crippen molar-refractivity contribution in [2.45, 2.75) is 64.3 Å². The number of esters is 1. The average molecular weight is 439 g/mol. The zero-order chi connectivity index (χ0) is 19.2. The van der Waals surface area contributed by atoms with E-state index in [1.165, 1.54) is 18.4 Å². The van der Waals surface area contributed by atoms with Crippen molar-refractivity contribution in [1.82, 2.24) is 5.32 Å². The molecule has 0 unspecified atom stereocenters. The molecule has 0 saturated heterocycles. The number of thiophene rings is 1. The van der Waals surface area contributed by atoms with E-state index in [0.717, 1.165) is 10.0 Å². The third-order valence-electron chi connectivity index (χ3n) is 3.38. The fraction of sp³-hybridized carbons (Fsp3) is 0.688. The van der Waals surface area contributed by atoms with Crippen LogP contribution >= 0.6 is 27.3 Å². The van der Waals surface area contributed by atoms with Gasteiger partial charge in [0.15, 0.2) is 6.29 Å². The average Bonchev–Trinajstić information content (AvgIpc) is 2.85. The number of carbonyl (C=O) groups is 1. The van der Waals surface area contributed by atoms with Crippen LogP contribution in [-0.4, -0.2) is 47.5 Å². The molecule has 144 valence electrons. The lowest BCUT2D eigenvalue weighted by atomic mass is 10.1. The van der Waals surface area contributed by atoms with Crippen molar-refractivity contribution in [2.75, 3.05) is 7.11 Å². The zero-order valence-corrected chi connectivity index (χ0v) is 17.3. The lowest BCUT2D eigenvalue weighted by Gasteiger charge is -2.26. The standard InChI is InChI=1S/C16H27BrN2O5S/c1-16(2,3)24-12(20)6-5-11(14(18)21)19-7-9-10(17)8-25-13(9)15(22)23-4/h8,11-12,14,19-21H,5-7,18H2,1-4H3/t11-,12-,14-/m0/s1. The van der Waals surface area contributed by atoms with Gasteiger partial charge in [-0.25, -0.2) is 4.79 Å². The van der Waals surface area contributed by atoms with Gasteiger partial charge in [0, 0.05) is 28.0 Å². The smallest absolute Gasteiger partial charge is 0.348 e. The molecule has 1 aromatic heterocycles. The molecule has 0 aliphatic rings. The van der Waals surface area contributed by atoms with Crippen LogP contribution in [0.2, 0.25) is 0 Å². The van der Waals surface area contributed by atoms with E-state index in [2.05, 4.69) is 21.2 Å². The number of nitrogens with two attached hydrogens (primary N) is 1. The summed E-state index contributed by atoms with van der Waals surface area (Å²) in [5.41, 5.74) is 5.91. The Bertz CT molecular complexity index is 559. The number of ether oxygens (including phenoxy) is 2. The Hall–Kier alpha value is -0.550. The fourth-order valence-electron chi connectivity index (χ4n) is 2.21. The zero-order valence-electron chi connectivity index (χ0n) is 14.9. The number of methoxy groups -OCH3 is 1. The number of carbonyl (C=O) groups excluding carboxylic acids is 1. The highest BCUT2D eigenvalue weighted by molar-refractivity contribution is 9.10. The molecule has 1 aromatic rings. The van der Waals surface area contributed by atoms with Crippen molar-refractivity contribution < 1.29 is 24.5 Å². The van der Waals surface area contributed by atoms with Gasteiger partial charge in [-0.15, -0.1) is 11.3 Å². The van der Waals surface area contributed by atoms with Crippen LogP contribution in [-0.2, 0) is 16.0 Å². The van der Waals surface area contributed by atoms with E-state index in [0.29, 0.717) is 24.3 Å². The normalized spacial score (nSPS) is 15.7. The minimum atomic E-state index is -1.11. The van der Waals surface area contributed by atoms with Gasteiger partial charge in [0.25, 0.3) is 0 Å². The highest BCUT2D eigenvalue weighted by atomic mass is 79.9. The van der Waals surface area contributed by atoms with Gasteiger partial charge < -0.3 is 30.7 Å². The first-order valence-corrected chi connectivity index (χ1v) is 9.59. The van der Waals surface area contributed by atoms with Crippen molar-refractivity contribution >= 4 is 33.2 Å². The monoisotopic (exact) mass is 438 g/mol. The quantitative estimate of drug-likeness (QED) is 0.344. The van der Waals surface area contributed by atoms with E-state index in [1.807, 2.05) is 20.8 Å². The van der Waals surface area contributed by atoms with Crippen molar-refractivity contribution in [2.24, 2.45) is 5.73 Å². The summed E-state index contributed by atoms with van der Waals surface area (Å²) in [6.45, 7) is 5.88. The molecule has 0 aromatic carbocycles. The molecule has 0 fully saturated rings. The van der Waals surface area contributed by atoms with Crippen LogP contribution in [0.3, 0.4) is 0 Å². The first kappa shape index (κ1) is 22.5. The van der Waals surface area contributed by atoms with Gasteiger partial charge in [0.05, 0.1) is 12.7 Å². The van der Waals surface area contributed by atoms with Gasteiger partial charge in [-0.2, -0.15) is 0 Å². The van der Waals surface area contributed by atoms with Gasteiger partial charge in [0.2, 0.25) is 0 Å². The van der Waals surface area contributed by atoms with Gasteiger partial charge in [-0.1, -0.05) is 0 Å². The molecule has 0 amide bonds. The van der Waals surface area contributed by atoms with E-state index < -0.39 is 30.1 Å². The first-order valence-electron chi connectivity index (χ1n) is 7.92. The molecule has 0 spiro atoms. The number of rotatable bonds is 9. The third-order valence-corrected chi connectivity index (χ3v) is 5.39. The van der Waals surface area contributed by atoms with E-state index in [1.54, 1.807) is 5.38 Å². The molecule has 5 N–H and O–H groups in total. The number of hydrogen-bond donors (Lipinski definition) is 4. The summed E-state index contributed by atoms with van der Waals surface area (Å²) < 4.78 is 11.0. The molecule has 0 aliphatic heterocycles. The molecular formula is C16H27BrN2O5S. The van der Waals surface area contributed by atoms with E-state index in [4.69, 9.17) is 15.2 Å². The van der Waals surface area contributed by atoms with Gasteiger partial charge in [-0.05, 0) is 49.5 Å². The van der Waals surface area contributed by atoms with Crippen LogP contribution < -0.4 is 11.1 Å². The van der Waals surface area contributed by atoms with E-state index >= 15 is 0 Å². The number of halogens is 1. The number of aliphatic hydroxyl groups excluding tert-OH is 2. The van der Waals surface area contributed by atoms with Crippen LogP contribution in [0, 0.1) is 0 Å². The summed E-state index contributed by atoms with van der Waals surface area (Å²) in [6.07, 6.45) is -1.33. The first-order chi connectivity index (χ1) is 11.5. The maximum atomic E-state index is 11.8. The number of aliphatic hydroxyl groups is 2. The molecule has 0 aliphatic carbocycles. The largest absolute Gasteiger partial charge is 0.465 e. The van der Waals surface area contributed by atoms with Crippen molar-refractivity contribution in [3.05, 3.63) is 20.3 Å². The highest BCUT2D eigenvalue weighted by Gasteiger charge is 2.23. The third kappa shape index (κ3) is 7.69. The molecule has 7 nitrogen and oxygen atoms in total. The van der Waals surface area contributed by atoms with Gasteiger partial charge in [0.1, 0.15) is 11.1 Å². The van der Waals surface area contributed by atoms with Gasteiger partial charge >= 0.3 is 5.97 Å². The minimum absolute atomic E-state index is 0.317. The topological polar surface area (TPSA) is 114 Å². The number of hydrogen-bond acceptors (Lipinski definition) is 8. The van der Waals surface area contributed by atoms with Crippen LogP contribution in [0.15, 0.2) is 9.85 Å². The minimum Gasteiger partial charge on any atom is -0.465 e. The summed E-state index contributed by atoms with van der Waals surface area (Å²) >= 11 is 4.68. The Morgan fingerprint density at radius 1 is 1.40 bits per heavy atom. The molecular weight excluding hydrogens is 412 g/mol. The maximum absolute atomic E-state index is 11.8. The molecule has 0 radical (unpaired) electrons. The van der Waals surface area contributed by atoms with Crippen LogP contribution in [0.5, 0.6) is 0 Å². The summed E-state index contributed by atoms with van der Waals surface area (Å²) in [5.74, 6) is -0.411. The Balaban J connectivity index is 2.65. The van der Waals surface area contributed by atoms with E-state index in [9.17, 15) is 15.0 Å². The maximum Gasteiger partial charge on any atom is 0.348 e. The second-order valence-corrected chi connectivity index (χ2v) is 8.36. The lowest BCUT2D eigenvalue weighted by molar-refractivity contribution is -0.169. The van der Waals surface area contributed by atoms with Crippen molar-refractivity contribution in [1.29, 1.82) is 0 Å². The molecule has 9 heteroatoms. The Labute approximate surface area is 160 Å². The Kier molecular flexibility index (Phi) is 8.96. The molecule has 25 heavy (non-hydrogen) atoms. The predicted molar refractivity (Wildman–Crippen MR) is 100 cm³/mol. The fourth-order valence-corrected chi connectivity index (χ4v) is 3.82. The Morgan fingerprint density at radius 2 is 2.04 bits per heavy atom. The van der Waals surface area contributed by atoms with Crippen molar-refractivity contribution in [3.63, 3.8) is 0 Å². The predicted octanol–water partition coefficient (Wildman–Crippen LogP) is 1.95. The van der Waals surface area contributed by atoms with Gasteiger partial charge in [-0.3, -0.25) is 0 Å². The van der Waals surface area contributed by atoms with E-state index in [-0.39, 0.29) is 0 Å². The van der Waals surface area contributed by atoms with Crippen LogP contribution in [0.1, 0.15) is 48.8 Å². The second-order valence-electron chi connectivity index (χ2n) is 6.62. The summed E-state index contributed by atoms with van der Waals surface area (Å²) in [6, 6.07) is -0.462. The second kappa shape index (κ2) is 9.96. The van der Waals surface area contributed by atoms with Crippen LogP contribution in [0.25, 0.3) is 0 Å². The lowest BCUT2D eigenvalue weighted by Crippen LogP contribution is -2.45. The SMILES string of the molecule is COC(=O)c1scc(Br)c1CN[C@@H](CC[C@@H](O)OC(C)(C)C)[C@@H](N)O.